The van der Waals surface area contributed by atoms with Crippen LogP contribution in [0.4, 0.5) is 0 Å². The Morgan fingerprint density at radius 1 is 1.38 bits per heavy atom. The summed E-state index contributed by atoms with van der Waals surface area (Å²) >= 11 is 0. The van der Waals surface area contributed by atoms with Crippen molar-refractivity contribution in [2.24, 2.45) is 0 Å². The standard InChI is InChI=1S/C6H16N2.2H2/c1-6(2)8-5-4-7-3;;/h6-8H,4-5H2,1-3H3;2*1H. The Hall–Kier alpha value is -0.0800. The van der Waals surface area contributed by atoms with Gasteiger partial charge >= 0.3 is 0 Å². The SMILES string of the molecule is CNCCNC(C)C.[HH].[HH]. The molecule has 2 nitrogen and oxygen atoms in total. The predicted octanol–water partition coefficient (Wildman–Crippen LogP) is 0.696. The first-order valence-corrected chi connectivity index (χ1v) is 3.15. The van der Waals surface area contributed by atoms with Crippen LogP contribution in [0.2, 0.25) is 0 Å². The van der Waals surface area contributed by atoms with Gasteiger partial charge in [-0.1, -0.05) is 13.8 Å². The molecule has 54 valence electrons. The van der Waals surface area contributed by atoms with Crippen molar-refractivity contribution in [3.05, 3.63) is 0 Å². The van der Waals surface area contributed by atoms with Crippen molar-refractivity contribution >= 4 is 0 Å². The molecule has 0 aromatic rings. The Morgan fingerprint density at radius 2 is 2.00 bits per heavy atom. The molecule has 0 spiro atoms. The van der Waals surface area contributed by atoms with E-state index in [-0.39, 0.29) is 2.85 Å². The van der Waals surface area contributed by atoms with Crippen LogP contribution >= 0.6 is 0 Å². The molecule has 0 rings (SSSR count). The van der Waals surface area contributed by atoms with Crippen LogP contribution in [0.25, 0.3) is 0 Å². The molecular formula is C6H20N2. The molecule has 2 N–H and O–H groups in total. The van der Waals surface area contributed by atoms with E-state index in [1.165, 1.54) is 0 Å². The first-order chi connectivity index (χ1) is 3.77. The van der Waals surface area contributed by atoms with E-state index in [9.17, 15) is 0 Å². The number of rotatable bonds is 4. The van der Waals surface area contributed by atoms with Crippen LogP contribution in [0, 0.1) is 0 Å². The summed E-state index contributed by atoms with van der Waals surface area (Å²) in [5.74, 6) is 0. The summed E-state index contributed by atoms with van der Waals surface area (Å²) in [5.41, 5.74) is 0. The highest BCUT2D eigenvalue weighted by Crippen LogP contribution is 1.71. The maximum absolute atomic E-state index is 3.28. The van der Waals surface area contributed by atoms with Gasteiger partial charge in [-0.05, 0) is 7.05 Å². The quantitative estimate of drug-likeness (QED) is 0.534. The lowest BCUT2D eigenvalue weighted by Crippen LogP contribution is -2.29. The average Bonchev–Trinajstić information content (AvgIpc) is 1.66. The fourth-order valence-corrected chi connectivity index (χ4v) is 0.486. The maximum Gasteiger partial charge on any atom is 0.00789 e. The number of hydrogen-bond donors (Lipinski definition) is 2. The molecular weight excluding hydrogens is 100 g/mol. The molecule has 0 aromatic heterocycles. The molecule has 0 fully saturated rings. The van der Waals surface area contributed by atoms with Crippen LogP contribution in [-0.2, 0) is 0 Å². The van der Waals surface area contributed by atoms with Crippen LogP contribution in [0.5, 0.6) is 0 Å². The van der Waals surface area contributed by atoms with Crippen LogP contribution in [0.3, 0.4) is 0 Å². The van der Waals surface area contributed by atoms with Gasteiger partial charge in [0.2, 0.25) is 0 Å². The second-order valence-corrected chi connectivity index (χ2v) is 2.21. The molecule has 0 amide bonds. The summed E-state index contributed by atoms with van der Waals surface area (Å²) in [6.07, 6.45) is 0. The van der Waals surface area contributed by atoms with Crippen molar-refractivity contribution in [2.45, 2.75) is 19.9 Å². The van der Waals surface area contributed by atoms with E-state index in [4.69, 9.17) is 0 Å². The minimum absolute atomic E-state index is 0. The lowest BCUT2D eigenvalue weighted by molar-refractivity contribution is 0.574. The molecule has 0 aliphatic carbocycles. The molecule has 0 atom stereocenters. The Kier molecular flexibility index (Phi) is 5.01. The summed E-state index contributed by atoms with van der Waals surface area (Å²) in [6.45, 7) is 6.41. The lowest BCUT2D eigenvalue weighted by atomic mass is 10.4. The van der Waals surface area contributed by atoms with E-state index >= 15 is 0 Å². The second-order valence-electron chi connectivity index (χ2n) is 2.21. The number of nitrogens with one attached hydrogen (secondary N) is 2. The van der Waals surface area contributed by atoms with Gasteiger partial charge in [-0.2, -0.15) is 0 Å². The fraction of sp³-hybridized carbons (Fsp3) is 1.00. The Balaban J connectivity index is -0.000000245. The summed E-state index contributed by atoms with van der Waals surface area (Å²) < 4.78 is 0. The van der Waals surface area contributed by atoms with Gasteiger partial charge in [0.05, 0.1) is 0 Å². The molecule has 0 saturated carbocycles. The zero-order valence-corrected chi connectivity index (χ0v) is 5.99. The highest BCUT2D eigenvalue weighted by Gasteiger charge is 1.87. The Morgan fingerprint density at radius 3 is 2.38 bits per heavy atom. The second kappa shape index (κ2) is 5.06. The lowest BCUT2D eigenvalue weighted by Gasteiger charge is -2.05. The van der Waals surface area contributed by atoms with Crippen molar-refractivity contribution in [3.63, 3.8) is 0 Å². The third kappa shape index (κ3) is 5.92. The van der Waals surface area contributed by atoms with E-state index in [0.29, 0.717) is 6.04 Å². The molecule has 0 unspecified atom stereocenters. The van der Waals surface area contributed by atoms with Crippen LogP contribution in [-0.4, -0.2) is 26.2 Å². The minimum atomic E-state index is 0. The minimum Gasteiger partial charge on any atom is -0.318 e. The average molecular weight is 120 g/mol. The summed E-state index contributed by atoms with van der Waals surface area (Å²) in [4.78, 5) is 0. The third-order valence-electron chi connectivity index (χ3n) is 0.928. The zero-order chi connectivity index (χ0) is 6.41. The molecule has 0 radical (unpaired) electrons. The first-order valence-electron chi connectivity index (χ1n) is 3.15. The molecule has 0 bridgehead atoms. The molecule has 0 saturated heterocycles. The van der Waals surface area contributed by atoms with Gasteiger partial charge in [0, 0.05) is 22.0 Å². The van der Waals surface area contributed by atoms with Crippen molar-refractivity contribution in [2.75, 3.05) is 20.1 Å². The summed E-state index contributed by atoms with van der Waals surface area (Å²) in [6, 6.07) is 0.614. The number of hydrogen-bond acceptors (Lipinski definition) is 2. The molecule has 0 aliphatic rings. The van der Waals surface area contributed by atoms with Crippen molar-refractivity contribution in [1.82, 2.24) is 10.6 Å². The van der Waals surface area contributed by atoms with Gasteiger partial charge in [-0.25, -0.2) is 0 Å². The molecule has 2 heteroatoms. The topological polar surface area (TPSA) is 24.1 Å². The fourth-order valence-electron chi connectivity index (χ4n) is 0.486. The molecule has 8 heavy (non-hydrogen) atoms. The van der Waals surface area contributed by atoms with E-state index < -0.39 is 0 Å². The monoisotopic (exact) mass is 120 g/mol. The normalized spacial score (nSPS) is 10.5. The van der Waals surface area contributed by atoms with E-state index in [0.717, 1.165) is 13.1 Å². The van der Waals surface area contributed by atoms with E-state index in [1.807, 2.05) is 7.05 Å². The first kappa shape index (κ1) is 7.92. The van der Waals surface area contributed by atoms with Crippen molar-refractivity contribution in [3.8, 4) is 0 Å². The highest BCUT2D eigenvalue weighted by atomic mass is 14.9. The molecule has 0 heterocycles. The van der Waals surface area contributed by atoms with Gasteiger partial charge < -0.3 is 10.6 Å². The van der Waals surface area contributed by atoms with Gasteiger partial charge in [0.1, 0.15) is 0 Å². The summed E-state index contributed by atoms with van der Waals surface area (Å²) in [7, 11) is 1.96. The van der Waals surface area contributed by atoms with Gasteiger partial charge in [0.15, 0.2) is 0 Å². The van der Waals surface area contributed by atoms with E-state index in [1.54, 1.807) is 0 Å². The van der Waals surface area contributed by atoms with Gasteiger partial charge in [-0.15, -0.1) is 0 Å². The highest BCUT2D eigenvalue weighted by molar-refractivity contribution is 4.52. The Labute approximate surface area is 54.6 Å². The largest absolute Gasteiger partial charge is 0.318 e. The van der Waals surface area contributed by atoms with Gasteiger partial charge in [0.25, 0.3) is 0 Å². The van der Waals surface area contributed by atoms with E-state index in [2.05, 4.69) is 24.5 Å². The Bertz CT molecular complexity index is 51.0. The van der Waals surface area contributed by atoms with Crippen LogP contribution < -0.4 is 10.6 Å². The van der Waals surface area contributed by atoms with Crippen molar-refractivity contribution in [1.29, 1.82) is 0 Å². The smallest absolute Gasteiger partial charge is 0.00789 e. The number of likely N-dealkylation sites (N-methyl/N-ethyl adjacent to an activating group) is 1. The van der Waals surface area contributed by atoms with Crippen LogP contribution in [0.15, 0.2) is 0 Å². The third-order valence-corrected chi connectivity index (χ3v) is 0.928. The summed E-state index contributed by atoms with van der Waals surface area (Å²) in [5, 5.41) is 6.34. The predicted molar refractivity (Wildman–Crippen MR) is 41.3 cm³/mol. The van der Waals surface area contributed by atoms with Gasteiger partial charge in [-0.3, -0.25) is 0 Å². The molecule has 0 aliphatic heterocycles. The molecule has 0 aromatic carbocycles. The zero-order valence-electron chi connectivity index (χ0n) is 5.99. The maximum atomic E-state index is 3.28. The van der Waals surface area contributed by atoms with Crippen molar-refractivity contribution < 1.29 is 2.85 Å². The van der Waals surface area contributed by atoms with Crippen LogP contribution in [0.1, 0.15) is 16.7 Å².